The summed E-state index contributed by atoms with van der Waals surface area (Å²) in [6.07, 6.45) is 1.78. The molecule has 2 aromatic rings. The van der Waals surface area contributed by atoms with Gasteiger partial charge in [-0.1, -0.05) is 23.2 Å². The average Bonchev–Trinajstić information content (AvgIpc) is 2.55. The van der Waals surface area contributed by atoms with Gasteiger partial charge < -0.3 is 4.57 Å². The fraction of sp³-hybridized carbons (Fsp3) is 0.273. The molecule has 84 valence electrons. The maximum atomic E-state index is 6.05. The molecule has 0 aliphatic carbocycles. The van der Waals surface area contributed by atoms with E-state index in [9.17, 15) is 0 Å². The molecule has 0 aliphatic heterocycles. The van der Waals surface area contributed by atoms with Gasteiger partial charge in [-0.3, -0.25) is 0 Å². The summed E-state index contributed by atoms with van der Waals surface area (Å²) in [6.45, 7) is 4.58. The van der Waals surface area contributed by atoms with Gasteiger partial charge >= 0.3 is 0 Å². The number of aromatic nitrogens is 3. The van der Waals surface area contributed by atoms with Crippen molar-refractivity contribution in [2.24, 2.45) is 0 Å². The lowest BCUT2D eigenvalue weighted by atomic mass is 10.3. The van der Waals surface area contributed by atoms with Crippen LogP contribution < -0.4 is 0 Å². The van der Waals surface area contributed by atoms with Crippen LogP contribution in [0.25, 0.3) is 0 Å². The molecule has 0 amide bonds. The van der Waals surface area contributed by atoms with E-state index in [1.165, 1.54) is 0 Å². The zero-order chi connectivity index (χ0) is 11.7. The summed E-state index contributed by atoms with van der Waals surface area (Å²) >= 11 is 11.9. The van der Waals surface area contributed by atoms with Gasteiger partial charge in [0.25, 0.3) is 0 Å². The van der Waals surface area contributed by atoms with E-state index in [2.05, 4.69) is 9.97 Å². The van der Waals surface area contributed by atoms with Gasteiger partial charge in [-0.15, -0.1) is 0 Å². The van der Waals surface area contributed by atoms with E-state index in [-0.39, 0.29) is 0 Å². The second kappa shape index (κ2) is 4.44. The fourth-order valence-corrected chi connectivity index (χ4v) is 1.76. The van der Waals surface area contributed by atoms with E-state index in [0.717, 1.165) is 17.1 Å². The topological polar surface area (TPSA) is 30.7 Å². The third kappa shape index (κ3) is 2.20. The van der Waals surface area contributed by atoms with E-state index >= 15 is 0 Å². The van der Waals surface area contributed by atoms with Crippen LogP contribution in [0, 0.1) is 13.8 Å². The molecule has 0 aromatic carbocycles. The Morgan fingerprint density at radius 1 is 1.25 bits per heavy atom. The Kier molecular flexibility index (Phi) is 3.17. The third-order valence-corrected chi connectivity index (χ3v) is 3.10. The van der Waals surface area contributed by atoms with Crippen molar-refractivity contribution in [3.8, 4) is 0 Å². The van der Waals surface area contributed by atoms with Gasteiger partial charge in [0, 0.05) is 5.69 Å². The predicted molar refractivity (Wildman–Crippen MR) is 65.1 cm³/mol. The summed E-state index contributed by atoms with van der Waals surface area (Å²) < 4.78 is 2.00. The molecule has 0 saturated carbocycles. The lowest BCUT2D eigenvalue weighted by Crippen LogP contribution is -2.03. The zero-order valence-corrected chi connectivity index (χ0v) is 10.5. The van der Waals surface area contributed by atoms with E-state index in [4.69, 9.17) is 23.2 Å². The molecule has 16 heavy (non-hydrogen) atoms. The maximum Gasteiger partial charge on any atom is 0.129 e. The summed E-state index contributed by atoms with van der Waals surface area (Å²) in [5.41, 5.74) is 2.88. The molecular formula is C11H11Cl2N3. The molecule has 2 rings (SSSR count). The number of hydrogen-bond acceptors (Lipinski definition) is 2. The van der Waals surface area contributed by atoms with Gasteiger partial charge in [-0.25, -0.2) is 9.97 Å². The number of halogens is 2. The van der Waals surface area contributed by atoms with Crippen LogP contribution in [0.5, 0.6) is 0 Å². The normalized spacial score (nSPS) is 10.8. The number of imidazole rings is 1. The number of aryl methyl sites for hydroxylation is 1. The lowest BCUT2D eigenvalue weighted by molar-refractivity contribution is 0.748. The number of nitrogens with zero attached hydrogens (tertiary/aromatic N) is 3. The smallest absolute Gasteiger partial charge is 0.129 e. The predicted octanol–water partition coefficient (Wildman–Crippen LogP) is 3.25. The first-order valence-corrected chi connectivity index (χ1v) is 5.63. The van der Waals surface area contributed by atoms with Crippen molar-refractivity contribution in [3.05, 3.63) is 45.7 Å². The molecule has 2 aromatic heterocycles. The van der Waals surface area contributed by atoms with Crippen molar-refractivity contribution in [1.82, 2.24) is 14.5 Å². The van der Waals surface area contributed by atoms with Crippen LogP contribution in [-0.2, 0) is 6.54 Å². The van der Waals surface area contributed by atoms with Gasteiger partial charge in [0.15, 0.2) is 0 Å². The monoisotopic (exact) mass is 255 g/mol. The highest BCUT2D eigenvalue weighted by Crippen LogP contribution is 2.18. The van der Waals surface area contributed by atoms with Crippen molar-refractivity contribution in [2.45, 2.75) is 20.4 Å². The highest BCUT2D eigenvalue weighted by atomic mass is 35.5. The van der Waals surface area contributed by atoms with Crippen LogP contribution in [0.4, 0.5) is 0 Å². The van der Waals surface area contributed by atoms with E-state index in [1.807, 2.05) is 18.4 Å². The molecule has 0 aliphatic rings. The number of rotatable bonds is 2. The summed E-state index contributed by atoms with van der Waals surface area (Å²) in [5.74, 6) is 0. The number of hydrogen-bond donors (Lipinski definition) is 0. The van der Waals surface area contributed by atoms with Crippen LogP contribution in [-0.4, -0.2) is 14.5 Å². The van der Waals surface area contributed by atoms with Gasteiger partial charge in [0.1, 0.15) is 5.15 Å². The first kappa shape index (κ1) is 11.4. The molecule has 0 spiro atoms. The largest absolute Gasteiger partial charge is 0.329 e. The Morgan fingerprint density at radius 2 is 2.00 bits per heavy atom. The summed E-state index contributed by atoms with van der Waals surface area (Å²) in [7, 11) is 0. The second-order valence-corrected chi connectivity index (χ2v) is 4.40. The minimum absolute atomic E-state index is 0.453. The van der Waals surface area contributed by atoms with E-state index in [0.29, 0.717) is 16.7 Å². The summed E-state index contributed by atoms with van der Waals surface area (Å²) in [5, 5.41) is 1.07. The highest BCUT2D eigenvalue weighted by Gasteiger charge is 2.07. The Labute approximate surface area is 104 Å². The summed E-state index contributed by atoms with van der Waals surface area (Å²) in [4.78, 5) is 8.43. The molecule has 0 fully saturated rings. The fourth-order valence-electron chi connectivity index (χ4n) is 1.43. The van der Waals surface area contributed by atoms with Crippen LogP contribution >= 0.6 is 23.2 Å². The zero-order valence-electron chi connectivity index (χ0n) is 9.04. The molecule has 3 nitrogen and oxygen atoms in total. The Bertz CT molecular complexity index is 520. The van der Waals surface area contributed by atoms with E-state index < -0.39 is 0 Å². The van der Waals surface area contributed by atoms with Crippen LogP contribution in [0.15, 0.2) is 18.5 Å². The lowest BCUT2D eigenvalue weighted by Gasteiger charge is -2.07. The van der Waals surface area contributed by atoms with Crippen LogP contribution in [0.1, 0.15) is 17.1 Å². The SMILES string of the molecule is Cc1ncn(Cc2nc(Cl)ccc2Cl)c1C. The molecule has 0 atom stereocenters. The summed E-state index contributed by atoms with van der Waals surface area (Å²) in [6, 6.07) is 3.44. The molecule has 0 N–H and O–H groups in total. The quantitative estimate of drug-likeness (QED) is 0.772. The van der Waals surface area contributed by atoms with Crippen molar-refractivity contribution in [1.29, 1.82) is 0 Å². The Balaban J connectivity index is 2.33. The van der Waals surface area contributed by atoms with Crippen molar-refractivity contribution < 1.29 is 0 Å². The van der Waals surface area contributed by atoms with Crippen LogP contribution in [0.2, 0.25) is 10.2 Å². The maximum absolute atomic E-state index is 6.05. The van der Waals surface area contributed by atoms with Crippen molar-refractivity contribution in [3.63, 3.8) is 0 Å². The molecule has 0 radical (unpaired) electrons. The molecular weight excluding hydrogens is 245 g/mol. The second-order valence-electron chi connectivity index (χ2n) is 3.61. The molecule has 2 heterocycles. The Morgan fingerprint density at radius 3 is 2.62 bits per heavy atom. The minimum atomic E-state index is 0.453. The Hall–Kier alpha value is -1.06. The first-order chi connectivity index (χ1) is 7.58. The average molecular weight is 256 g/mol. The van der Waals surface area contributed by atoms with Crippen LogP contribution in [0.3, 0.4) is 0 Å². The highest BCUT2D eigenvalue weighted by molar-refractivity contribution is 6.32. The van der Waals surface area contributed by atoms with Gasteiger partial charge in [-0.05, 0) is 26.0 Å². The molecule has 0 unspecified atom stereocenters. The minimum Gasteiger partial charge on any atom is -0.329 e. The van der Waals surface area contributed by atoms with Gasteiger partial charge in [-0.2, -0.15) is 0 Å². The molecule has 0 bridgehead atoms. The molecule has 0 saturated heterocycles. The van der Waals surface area contributed by atoms with Gasteiger partial charge in [0.2, 0.25) is 0 Å². The standard InChI is InChI=1S/C11H11Cl2N3/c1-7-8(2)16(6-14-7)5-10-9(12)3-4-11(13)15-10/h3-4,6H,5H2,1-2H3. The first-order valence-electron chi connectivity index (χ1n) is 4.87. The van der Waals surface area contributed by atoms with Gasteiger partial charge in [0.05, 0.1) is 29.3 Å². The van der Waals surface area contributed by atoms with E-state index in [1.54, 1.807) is 18.5 Å². The number of pyridine rings is 1. The van der Waals surface area contributed by atoms with Crippen molar-refractivity contribution in [2.75, 3.05) is 0 Å². The molecule has 5 heteroatoms. The third-order valence-electron chi connectivity index (χ3n) is 2.55. The van der Waals surface area contributed by atoms with Crippen molar-refractivity contribution >= 4 is 23.2 Å².